The first-order valence-electron chi connectivity index (χ1n) is 12.6. The van der Waals surface area contributed by atoms with Crippen LogP contribution in [0.5, 0.6) is 0 Å². The van der Waals surface area contributed by atoms with Crippen LogP contribution in [0.1, 0.15) is 32.6 Å². The first kappa shape index (κ1) is 25.4. The molecule has 2 amide bonds. The number of aliphatic hydroxyl groups is 1. The van der Waals surface area contributed by atoms with Gasteiger partial charge in [0.15, 0.2) is 0 Å². The molecule has 0 aromatic heterocycles. The summed E-state index contributed by atoms with van der Waals surface area (Å²) in [4.78, 5) is 45.0. The molecule has 9 heteroatoms. The number of benzene rings is 1. The van der Waals surface area contributed by atoms with E-state index in [1.165, 1.54) is 11.8 Å². The summed E-state index contributed by atoms with van der Waals surface area (Å²) >= 11 is 7.60. The highest BCUT2D eigenvalue weighted by Gasteiger charge is 2.71. The highest BCUT2D eigenvalue weighted by molar-refractivity contribution is 8.02. The number of ether oxygens (including phenoxy) is 1. The van der Waals surface area contributed by atoms with Crippen molar-refractivity contribution in [2.24, 2.45) is 11.8 Å². The number of rotatable bonds is 4. The van der Waals surface area contributed by atoms with Crippen molar-refractivity contribution in [3.8, 4) is 0 Å². The van der Waals surface area contributed by atoms with Gasteiger partial charge in [-0.05, 0) is 49.9 Å². The smallest absolute Gasteiger partial charge is 0.311 e. The average Bonchev–Trinajstić information content (AvgIpc) is 3.26. The topological polar surface area (TPSA) is 87.2 Å². The van der Waals surface area contributed by atoms with Gasteiger partial charge in [-0.15, -0.1) is 11.8 Å². The van der Waals surface area contributed by atoms with Crippen molar-refractivity contribution >= 4 is 46.8 Å². The second-order valence-electron chi connectivity index (χ2n) is 9.75. The van der Waals surface area contributed by atoms with Crippen LogP contribution in [0.2, 0.25) is 5.02 Å². The van der Waals surface area contributed by atoms with E-state index in [1.807, 2.05) is 25.2 Å². The summed E-state index contributed by atoms with van der Waals surface area (Å²) in [6.07, 6.45) is 11.1. The first-order valence-corrected chi connectivity index (χ1v) is 13.9. The number of fused-ring (bicyclic) bond motifs is 2. The second-order valence-corrected chi connectivity index (χ2v) is 11.7. The molecular formula is C27H31ClN2O5S. The number of hydrogen-bond acceptors (Lipinski definition) is 6. The lowest BCUT2D eigenvalue weighted by atomic mass is 9.78. The molecule has 4 aliphatic heterocycles. The average molecular weight is 531 g/mol. The van der Waals surface area contributed by atoms with E-state index in [4.69, 9.17) is 16.3 Å². The quantitative estimate of drug-likeness (QED) is 0.473. The summed E-state index contributed by atoms with van der Waals surface area (Å²) in [6.45, 7) is 2.29. The molecule has 1 aromatic carbocycles. The second kappa shape index (κ2) is 10.2. The molecule has 0 radical (unpaired) electrons. The Bertz CT molecular complexity index is 1090. The van der Waals surface area contributed by atoms with Crippen LogP contribution in [0.3, 0.4) is 0 Å². The molecule has 4 heterocycles. The molecule has 2 fully saturated rings. The van der Waals surface area contributed by atoms with Crippen molar-refractivity contribution in [1.29, 1.82) is 0 Å². The standard InChI is InChI=1S/C27H31ClN2O5S/c1-2-18(16-31)30-23-25(33)29(19-11-9-17(28)10-12-19)14-7-13-27(23)22(24(30)32)21-20(36-27)8-5-3-4-6-15-35-26(21)34/h5,7-13,18,20-23,31H,2-4,6,14-16H2,1H3/b8-5-/t18-,20+,21-,22-,23?,27-/m0/s1. The highest BCUT2D eigenvalue weighted by atomic mass is 35.5. The van der Waals surface area contributed by atoms with Gasteiger partial charge in [0.1, 0.15) is 6.04 Å². The predicted octanol–water partition coefficient (Wildman–Crippen LogP) is 3.59. The third-order valence-corrected chi connectivity index (χ3v) is 9.75. The van der Waals surface area contributed by atoms with E-state index >= 15 is 0 Å². The fraction of sp³-hybridized carbons (Fsp3) is 0.519. The molecule has 0 saturated carbocycles. The number of cyclic esters (lactones) is 1. The fourth-order valence-corrected chi connectivity index (χ4v) is 8.13. The Labute approximate surface area is 220 Å². The van der Waals surface area contributed by atoms with Crippen molar-refractivity contribution in [3.05, 3.63) is 53.6 Å². The molecule has 192 valence electrons. The number of halogens is 1. The number of nitrogens with zero attached hydrogens (tertiary/aromatic N) is 2. The first-order chi connectivity index (χ1) is 17.4. The van der Waals surface area contributed by atoms with E-state index in [1.54, 1.807) is 34.1 Å². The zero-order valence-corrected chi connectivity index (χ0v) is 21.8. The molecule has 1 spiro atoms. The highest BCUT2D eigenvalue weighted by Crippen LogP contribution is 2.61. The van der Waals surface area contributed by atoms with Crippen LogP contribution in [0, 0.1) is 11.8 Å². The number of hydrogen-bond donors (Lipinski definition) is 1. The normalized spacial score (nSPS) is 33.9. The number of likely N-dealkylation sites (tertiary alicyclic amines) is 1. The SMILES string of the molecule is CC[C@@H](CO)N1C(=O)[C@@H]2[C@H]3C(=O)OCCCC/C=C\[C@H]3S[C@@]23C=CCN(c2ccc(Cl)cc2)C(=O)C13. The Morgan fingerprint density at radius 1 is 1.17 bits per heavy atom. The summed E-state index contributed by atoms with van der Waals surface area (Å²) < 4.78 is 4.70. The Kier molecular flexibility index (Phi) is 7.21. The van der Waals surface area contributed by atoms with E-state index in [0.29, 0.717) is 30.3 Å². The number of esters is 1. The molecular weight excluding hydrogens is 500 g/mol. The Hall–Kier alpha value is -2.29. The van der Waals surface area contributed by atoms with Crippen molar-refractivity contribution in [2.45, 2.75) is 54.7 Å². The van der Waals surface area contributed by atoms with Gasteiger partial charge in [0.2, 0.25) is 5.91 Å². The van der Waals surface area contributed by atoms with E-state index < -0.39 is 28.7 Å². The molecule has 1 N–H and O–H groups in total. The Balaban J connectivity index is 1.63. The molecule has 1 unspecified atom stereocenters. The fourth-order valence-electron chi connectivity index (χ4n) is 6.02. The predicted molar refractivity (Wildman–Crippen MR) is 140 cm³/mol. The van der Waals surface area contributed by atoms with Gasteiger partial charge in [-0.25, -0.2) is 0 Å². The maximum absolute atomic E-state index is 14.3. The third-order valence-electron chi connectivity index (χ3n) is 7.75. The monoisotopic (exact) mass is 530 g/mol. The van der Waals surface area contributed by atoms with Gasteiger partial charge >= 0.3 is 5.97 Å². The number of allylic oxidation sites excluding steroid dienone is 1. The van der Waals surface area contributed by atoms with Crippen molar-refractivity contribution in [1.82, 2.24) is 4.90 Å². The Morgan fingerprint density at radius 3 is 2.67 bits per heavy atom. The minimum Gasteiger partial charge on any atom is -0.465 e. The molecule has 0 bridgehead atoms. The number of anilines is 1. The summed E-state index contributed by atoms with van der Waals surface area (Å²) in [6, 6.07) is 5.66. The minimum absolute atomic E-state index is 0.223. The molecule has 4 aliphatic rings. The van der Waals surface area contributed by atoms with Gasteiger partial charge in [-0.1, -0.05) is 42.8 Å². The van der Waals surface area contributed by atoms with Crippen LogP contribution < -0.4 is 4.90 Å². The summed E-state index contributed by atoms with van der Waals surface area (Å²) in [5, 5.41) is 10.5. The number of amides is 2. The molecule has 2 saturated heterocycles. The van der Waals surface area contributed by atoms with E-state index in [9.17, 15) is 19.5 Å². The lowest BCUT2D eigenvalue weighted by Gasteiger charge is -2.38. The molecule has 6 atom stereocenters. The summed E-state index contributed by atoms with van der Waals surface area (Å²) in [5.74, 6) is -2.32. The van der Waals surface area contributed by atoms with Crippen molar-refractivity contribution < 1.29 is 24.2 Å². The van der Waals surface area contributed by atoms with Gasteiger partial charge in [-0.3, -0.25) is 14.4 Å². The molecule has 7 nitrogen and oxygen atoms in total. The van der Waals surface area contributed by atoms with Crippen molar-refractivity contribution in [2.75, 3.05) is 24.7 Å². The van der Waals surface area contributed by atoms with Crippen molar-refractivity contribution in [3.63, 3.8) is 0 Å². The number of aliphatic hydroxyl groups excluding tert-OH is 1. The minimum atomic E-state index is -0.940. The van der Waals surface area contributed by atoms with E-state index in [-0.39, 0.29) is 29.6 Å². The van der Waals surface area contributed by atoms with Gasteiger partial charge in [0, 0.05) is 22.5 Å². The van der Waals surface area contributed by atoms with Gasteiger partial charge in [0.05, 0.1) is 35.8 Å². The molecule has 1 aromatic rings. The zero-order chi connectivity index (χ0) is 25.4. The Morgan fingerprint density at radius 2 is 1.94 bits per heavy atom. The van der Waals surface area contributed by atoms with E-state index in [2.05, 4.69) is 6.08 Å². The van der Waals surface area contributed by atoms with Gasteiger partial charge in [0.25, 0.3) is 5.91 Å². The van der Waals surface area contributed by atoms with Crippen LogP contribution in [-0.2, 0) is 19.1 Å². The maximum atomic E-state index is 14.3. The molecule has 36 heavy (non-hydrogen) atoms. The number of thioether (sulfide) groups is 1. The van der Waals surface area contributed by atoms with Crippen LogP contribution in [0.4, 0.5) is 5.69 Å². The maximum Gasteiger partial charge on any atom is 0.311 e. The largest absolute Gasteiger partial charge is 0.465 e. The van der Waals surface area contributed by atoms with Gasteiger partial charge in [-0.2, -0.15) is 0 Å². The van der Waals surface area contributed by atoms with Gasteiger partial charge < -0.3 is 19.6 Å². The molecule has 5 rings (SSSR count). The molecule has 0 aliphatic carbocycles. The lowest BCUT2D eigenvalue weighted by Crippen LogP contribution is -2.56. The zero-order valence-electron chi connectivity index (χ0n) is 20.2. The third kappa shape index (κ3) is 4.07. The van der Waals surface area contributed by atoms with Crippen LogP contribution in [0.15, 0.2) is 48.6 Å². The lowest BCUT2D eigenvalue weighted by molar-refractivity contribution is -0.153. The number of carbonyl (C=O) groups is 3. The summed E-state index contributed by atoms with van der Waals surface area (Å²) in [7, 11) is 0. The van der Waals surface area contributed by atoms with E-state index in [0.717, 1.165) is 19.3 Å². The van der Waals surface area contributed by atoms with Crippen LogP contribution in [0.25, 0.3) is 0 Å². The number of carbonyl (C=O) groups excluding carboxylic acids is 3. The summed E-state index contributed by atoms with van der Waals surface area (Å²) in [5.41, 5.74) is 0.681. The van der Waals surface area contributed by atoms with Crippen LogP contribution in [-0.4, -0.2) is 69.6 Å². The van der Waals surface area contributed by atoms with Crippen LogP contribution >= 0.6 is 23.4 Å².